The number of ketones is 2. The van der Waals surface area contributed by atoms with Gasteiger partial charge in [0.15, 0.2) is 0 Å². The highest BCUT2D eigenvalue weighted by atomic mass is 16.5. The molecule has 0 saturated heterocycles. The number of ether oxygens (including phenoxy) is 1. The summed E-state index contributed by atoms with van der Waals surface area (Å²) in [6.45, 7) is 3.92. The van der Waals surface area contributed by atoms with E-state index in [1.807, 2.05) is 6.92 Å². The fourth-order valence-corrected chi connectivity index (χ4v) is 3.44. The Balaban J connectivity index is 2.29. The lowest BCUT2D eigenvalue weighted by Gasteiger charge is -2.46. The van der Waals surface area contributed by atoms with Gasteiger partial charge in [0.2, 0.25) is 0 Å². The molecule has 0 N–H and O–H groups in total. The van der Waals surface area contributed by atoms with Crippen molar-refractivity contribution in [3.63, 3.8) is 0 Å². The van der Waals surface area contributed by atoms with Crippen molar-refractivity contribution in [2.24, 2.45) is 17.3 Å². The second kappa shape index (κ2) is 4.82. The first kappa shape index (κ1) is 13.2. The van der Waals surface area contributed by atoms with Gasteiger partial charge in [-0.15, -0.1) is 0 Å². The van der Waals surface area contributed by atoms with Gasteiger partial charge in [0.25, 0.3) is 0 Å². The smallest absolute Gasteiger partial charge is 0.316 e. The molecule has 18 heavy (non-hydrogen) atoms. The Hall–Kier alpha value is -1.19. The van der Waals surface area contributed by atoms with Gasteiger partial charge < -0.3 is 4.74 Å². The third-order valence-corrected chi connectivity index (χ3v) is 4.55. The van der Waals surface area contributed by atoms with Crippen molar-refractivity contribution in [3.05, 3.63) is 0 Å². The van der Waals surface area contributed by atoms with Crippen molar-refractivity contribution < 1.29 is 19.1 Å². The van der Waals surface area contributed by atoms with Gasteiger partial charge in [-0.3, -0.25) is 14.4 Å². The minimum absolute atomic E-state index is 0.0503. The van der Waals surface area contributed by atoms with Crippen LogP contribution in [0.5, 0.6) is 0 Å². The fourth-order valence-electron chi connectivity index (χ4n) is 3.44. The maximum atomic E-state index is 12.1. The molecule has 4 heteroatoms. The minimum atomic E-state index is -0.715. The Kier molecular flexibility index (Phi) is 3.55. The summed E-state index contributed by atoms with van der Waals surface area (Å²) in [6.07, 6.45) is 3.05. The predicted molar refractivity (Wildman–Crippen MR) is 64.8 cm³/mol. The molecule has 0 spiro atoms. The highest BCUT2D eigenvalue weighted by molar-refractivity contribution is 6.02. The number of Topliss-reactive ketones (excluding diaryl/α,β-unsaturated/α-hetero) is 2. The molecule has 2 fully saturated rings. The lowest BCUT2D eigenvalue weighted by molar-refractivity contribution is -0.163. The normalized spacial score (nSPS) is 36.1. The molecule has 0 bridgehead atoms. The average molecular weight is 252 g/mol. The van der Waals surface area contributed by atoms with E-state index in [2.05, 4.69) is 0 Å². The number of carbonyl (C=O) groups excluding carboxylic acids is 3. The summed E-state index contributed by atoms with van der Waals surface area (Å²) in [5.41, 5.74) is -0.496. The Labute approximate surface area is 107 Å². The van der Waals surface area contributed by atoms with Gasteiger partial charge in [0, 0.05) is 18.3 Å². The molecule has 4 nitrogen and oxygen atoms in total. The standard InChI is InChI=1S/C14H20O4/c1-3-18-13(17)12-9-5-4-6-11(16)14(9,2)8-7-10(12)15/h9,12H,3-8H2,1-2H3/t9-,12?,14-/m0/s1. The van der Waals surface area contributed by atoms with Crippen molar-refractivity contribution in [3.8, 4) is 0 Å². The third-order valence-electron chi connectivity index (χ3n) is 4.55. The number of esters is 1. The molecule has 2 saturated carbocycles. The Morgan fingerprint density at radius 3 is 2.78 bits per heavy atom. The lowest BCUT2D eigenvalue weighted by Crippen LogP contribution is -2.51. The van der Waals surface area contributed by atoms with Gasteiger partial charge in [0.05, 0.1) is 6.61 Å². The quantitative estimate of drug-likeness (QED) is 0.556. The molecule has 0 radical (unpaired) electrons. The maximum absolute atomic E-state index is 12.1. The molecule has 2 aliphatic rings. The largest absolute Gasteiger partial charge is 0.465 e. The van der Waals surface area contributed by atoms with Gasteiger partial charge in [-0.25, -0.2) is 0 Å². The molecule has 0 aromatic rings. The number of fused-ring (bicyclic) bond motifs is 1. The van der Waals surface area contributed by atoms with Crippen LogP contribution in [0.3, 0.4) is 0 Å². The molecule has 3 atom stereocenters. The van der Waals surface area contributed by atoms with E-state index >= 15 is 0 Å². The van der Waals surface area contributed by atoms with E-state index < -0.39 is 17.3 Å². The molecule has 0 aromatic carbocycles. The van der Waals surface area contributed by atoms with E-state index in [4.69, 9.17) is 4.74 Å². The number of hydrogen-bond acceptors (Lipinski definition) is 4. The monoisotopic (exact) mass is 252 g/mol. The first-order chi connectivity index (χ1) is 8.50. The molecule has 2 aliphatic carbocycles. The molecule has 0 heterocycles. The number of hydrogen-bond donors (Lipinski definition) is 0. The van der Waals surface area contributed by atoms with Crippen molar-refractivity contribution >= 4 is 17.5 Å². The van der Waals surface area contributed by atoms with Crippen molar-refractivity contribution in [2.45, 2.75) is 46.0 Å². The van der Waals surface area contributed by atoms with Gasteiger partial charge in [0.1, 0.15) is 17.5 Å². The van der Waals surface area contributed by atoms with Crippen LogP contribution in [0.25, 0.3) is 0 Å². The lowest BCUT2D eigenvalue weighted by atomic mass is 9.56. The molecule has 100 valence electrons. The van der Waals surface area contributed by atoms with E-state index in [-0.39, 0.29) is 24.1 Å². The molecule has 0 aliphatic heterocycles. The van der Waals surface area contributed by atoms with Gasteiger partial charge in [-0.2, -0.15) is 0 Å². The van der Waals surface area contributed by atoms with Crippen LogP contribution in [0, 0.1) is 17.3 Å². The van der Waals surface area contributed by atoms with Crippen LogP contribution < -0.4 is 0 Å². The molecule has 2 rings (SSSR count). The number of rotatable bonds is 2. The predicted octanol–water partition coefficient (Wildman–Crippen LogP) is 1.90. The van der Waals surface area contributed by atoms with Gasteiger partial charge >= 0.3 is 5.97 Å². The Bertz CT molecular complexity index is 387. The van der Waals surface area contributed by atoms with E-state index in [9.17, 15) is 14.4 Å². The molecular weight excluding hydrogens is 232 g/mol. The Morgan fingerprint density at radius 1 is 1.39 bits per heavy atom. The zero-order chi connectivity index (χ0) is 13.3. The minimum Gasteiger partial charge on any atom is -0.465 e. The maximum Gasteiger partial charge on any atom is 0.316 e. The summed E-state index contributed by atoms with van der Waals surface area (Å²) in [7, 11) is 0. The first-order valence-electron chi connectivity index (χ1n) is 6.73. The number of carbonyl (C=O) groups is 3. The van der Waals surface area contributed by atoms with E-state index in [1.54, 1.807) is 6.92 Å². The summed E-state index contributed by atoms with van der Waals surface area (Å²) in [5, 5.41) is 0. The zero-order valence-electron chi connectivity index (χ0n) is 11.0. The van der Waals surface area contributed by atoms with Crippen LogP contribution in [-0.4, -0.2) is 24.1 Å². The zero-order valence-corrected chi connectivity index (χ0v) is 11.0. The molecule has 0 amide bonds. The summed E-state index contributed by atoms with van der Waals surface area (Å²) in [5.74, 6) is -1.15. The van der Waals surface area contributed by atoms with E-state index in [1.165, 1.54) is 0 Å². The summed E-state index contributed by atoms with van der Waals surface area (Å²) in [4.78, 5) is 36.1. The average Bonchev–Trinajstić information content (AvgIpc) is 2.32. The second-order valence-corrected chi connectivity index (χ2v) is 5.54. The topological polar surface area (TPSA) is 60.4 Å². The van der Waals surface area contributed by atoms with Crippen molar-refractivity contribution in [1.29, 1.82) is 0 Å². The third kappa shape index (κ3) is 1.98. The van der Waals surface area contributed by atoms with Crippen LogP contribution in [0.2, 0.25) is 0 Å². The SMILES string of the molecule is CCOC(=O)C1C(=O)CC[C@]2(C)C(=O)CCC[C@@H]12. The Morgan fingerprint density at radius 2 is 2.11 bits per heavy atom. The van der Waals surface area contributed by atoms with Gasteiger partial charge in [-0.05, 0) is 32.1 Å². The van der Waals surface area contributed by atoms with Crippen LogP contribution in [0.15, 0.2) is 0 Å². The van der Waals surface area contributed by atoms with Gasteiger partial charge in [-0.1, -0.05) is 6.92 Å². The fraction of sp³-hybridized carbons (Fsp3) is 0.786. The summed E-state index contributed by atoms with van der Waals surface area (Å²) in [6, 6.07) is 0. The van der Waals surface area contributed by atoms with E-state index in [0.717, 1.165) is 12.8 Å². The van der Waals surface area contributed by atoms with Crippen molar-refractivity contribution in [1.82, 2.24) is 0 Å². The molecule has 1 unspecified atom stereocenters. The molecular formula is C14H20O4. The highest BCUT2D eigenvalue weighted by Crippen LogP contribution is 2.49. The highest BCUT2D eigenvalue weighted by Gasteiger charge is 2.54. The molecule has 0 aromatic heterocycles. The van der Waals surface area contributed by atoms with Crippen molar-refractivity contribution in [2.75, 3.05) is 6.61 Å². The van der Waals surface area contributed by atoms with Crippen LogP contribution in [0.1, 0.15) is 46.0 Å². The van der Waals surface area contributed by atoms with Crippen LogP contribution in [-0.2, 0) is 19.1 Å². The van der Waals surface area contributed by atoms with E-state index in [0.29, 0.717) is 19.3 Å². The van der Waals surface area contributed by atoms with Crippen LogP contribution >= 0.6 is 0 Å². The summed E-state index contributed by atoms with van der Waals surface area (Å²) >= 11 is 0. The summed E-state index contributed by atoms with van der Waals surface area (Å²) < 4.78 is 5.01. The van der Waals surface area contributed by atoms with Crippen LogP contribution in [0.4, 0.5) is 0 Å². The second-order valence-electron chi connectivity index (χ2n) is 5.54. The first-order valence-corrected chi connectivity index (χ1v) is 6.73.